The first-order chi connectivity index (χ1) is 6.81. The molecule has 1 aromatic rings. The highest BCUT2D eigenvalue weighted by Gasteiger charge is 2.19. The van der Waals surface area contributed by atoms with E-state index >= 15 is 0 Å². The van der Waals surface area contributed by atoms with Crippen molar-refractivity contribution in [3.05, 3.63) is 18.0 Å². The molecule has 0 saturated carbocycles. The minimum Gasteiger partial charge on any atom is -0.323 e. The molecule has 5 nitrogen and oxygen atoms in total. The molecule has 0 N–H and O–H groups in total. The van der Waals surface area contributed by atoms with Crippen molar-refractivity contribution in [2.75, 3.05) is 13.1 Å². The molecule has 1 aliphatic heterocycles. The fraction of sp³-hybridized carbons (Fsp3) is 0.444. The summed E-state index contributed by atoms with van der Waals surface area (Å²) in [4.78, 5) is 13.4. The first kappa shape index (κ1) is 8.75. The number of hydrogen-bond acceptors (Lipinski definition) is 3. The predicted molar refractivity (Wildman–Crippen MR) is 48.5 cm³/mol. The van der Waals surface area contributed by atoms with Crippen LogP contribution in [0, 0.1) is 11.3 Å². The zero-order valence-electron chi connectivity index (χ0n) is 7.68. The van der Waals surface area contributed by atoms with Gasteiger partial charge in [-0.2, -0.15) is 15.0 Å². The monoisotopic (exact) mass is 190 g/mol. The van der Waals surface area contributed by atoms with Gasteiger partial charge in [-0.1, -0.05) is 0 Å². The quantitative estimate of drug-likeness (QED) is 0.608. The van der Waals surface area contributed by atoms with Gasteiger partial charge in [0.1, 0.15) is 6.07 Å². The summed E-state index contributed by atoms with van der Waals surface area (Å²) in [7, 11) is 0. The third kappa shape index (κ3) is 1.46. The van der Waals surface area contributed by atoms with E-state index in [2.05, 4.69) is 5.10 Å². The van der Waals surface area contributed by atoms with Crippen LogP contribution in [0.5, 0.6) is 0 Å². The molecule has 0 aromatic carbocycles. The van der Waals surface area contributed by atoms with Gasteiger partial charge in [0.15, 0.2) is 0 Å². The van der Waals surface area contributed by atoms with Crippen molar-refractivity contribution in [3.63, 3.8) is 0 Å². The minimum atomic E-state index is -0.135. The predicted octanol–water partition coefficient (Wildman–Crippen LogP) is 0.819. The van der Waals surface area contributed by atoms with E-state index in [1.807, 2.05) is 6.07 Å². The van der Waals surface area contributed by atoms with Gasteiger partial charge in [0.25, 0.3) is 0 Å². The van der Waals surface area contributed by atoms with Gasteiger partial charge < -0.3 is 4.90 Å². The van der Waals surface area contributed by atoms with Crippen LogP contribution in [0.2, 0.25) is 0 Å². The van der Waals surface area contributed by atoms with Crippen molar-refractivity contribution in [1.29, 1.82) is 5.26 Å². The first-order valence-electron chi connectivity index (χ1n) is 4.55. The standard InChI is InChI=1S/C9H10N4O/c10-5-8-6-11-13(7-8)9(14)12-3-1-2-4-12/h6-7H,1-4H2. The van der Waals surface area contributed by atoms with Crippen LogP contribution >= 0.6 is 0 Å². The topological polar surface area (TPSA) is 61.9 Å². The number of nitriles is 1. The lowest BCUT2D eigenvalue weighted by Gasteiger charge is -2.13. The number of likely N-dealkylation sites (tertiary alicyclic amines) is 1. The van der Waals surface area contributed by atoms with Crippen LogP contribution in [0.15, 0.2) is 12.4 Å². The van der Waals surface area contributed by atoms with Crippen molar-refractivity contribution >= 4 is 6.03 Å². The van der Waals surface area contributed by atoms with Crippen LogP contribution in [-0.4, -0.2) is 33.8 Å². The number of carbonyl (C=O) groups is 1. The smallest absolute Gasteiger partial charge is 0.323 e. The Morgan fingerprint density at radius 2 is 2.21 bits per heavy atom. The normalized spacial score (nSPS) is 15.5. The highest BCUT2D eigenvalue weighted by atomic mass is 16.2. The van der Waals surface area contributed by atoms with Gasteiger partial charge in [-0.05, 0) is 12.8 Å². The van der Waals surface area contributed by atoms with Crippen LogP contribution in [0.25, 0.3) is 0 Å². The van der Waals surface area contributed by atoms with Crippen LogP contribution in [0.4, 0.5) is 4.79 Å². The molecule has 72 valence electrons. The molecule has 0 spiro atoms. The summed E-state index contributed by atoms with van der Waals surface area (Å²) in [6.45, 7) is 1.58. The molecule has 0 unspecified atom stereocenters. The molecule has 0 bridgehead atoms. The van der Waals surface area contributed by atoms with Crippen molar-refractivity contribution in [2.45, 2.75) is 12.8 Å². The summed E-state index contributed by atoms with van der Waals surface area (Å²) >= 11 is 0. The van der Waals surface area contributed by atoms with Gasteiger partial charge in [-0.25, -0.2) is 4.79 Å². The van der Waals surface area contributed by atoms with Gasteiger partial charge >= 0.3 is 6.03 Å². The van der Waals surface area contributed by atoms with Gasteiger partial charge in [0, 0.05) is 13.1 Å². The largest absolute Gasteiger partial charge is 0.344 e. The molecule has 1 fully saturated rings. The molecule has 0 aliphatic carbocycles. The van der Waals surface area contributed by atoms with E-state index in [0.29, 0.717) is 5.56 Å². The molecular weight excluding hydrogens is 180 g/mol. The number of aromatic nitrogens is 2. The van der Waals surface area contributed by atoms with E-state index in [1.165, 1.54) is 17.1 Å². The Kier molecular flexibility index (Phi) is 2.19. The molecule has 14 heavy (non-hydrogen) atoms. The number of carbonyl (C=O) groups excluding carboxylic acids is 1. The number of amides is 1. The fourth-order valence-electron chi connectivity index (χ4n) is 1.54. The highest BCUT2D eigenvalue weighted by molar-refractivity contribution is 5.76. The Balaban J connectivity index is 2.14. The molecule has 2 heterocycles. The Morgan fingerprint density at radius 1 is 1.50 bits per heavy atom. The maximum atomic E-state index is 11.7. The van der Waals surface area contributed by atoms with E-state index in [1.54, 1.807) is 4.90 Å². The summed E-state index contributed by atoms with van der Waals surface area (Å²) in [6, 6.07) is 1.80. The maximum Gasteiger partial charge on any atom is 0.344 e. The van der Waals surface area contributed by atoms with E-state index in [-0.39, 0.29) is 6.03 Å². The van der Waals surface area contributed by atoms with Gasteiger partial charge in [0.05, 0.1) is 18.0 Å². The molecule has 1 aliphatic rings. The van der Waals surface area contributed by atoms with Crippen molar-refractivity contribution in [3.8, 4) is 6.07 Å². The first-order valence-corrected chi connectivity index (χ1v) is 4.55. The third-order valence-corrected chi connectivity index (χ3v) is 2.28. The average molecular weight is 190 g/mol. The van der Waals surface area contributed by atoms with E-state index < -0.39 is 0 Å². The number of hydrogen-bond donors (Lipinski definition) is 0. The van der Waals surface area contributed by atoms with E-state index in [9.17, 15) is 4.79 Å². The second-order valence-corrected chi connectivity index (χ2v) is 3.26. The molecule has 1 aromatic heterocycles. The summed E-state index contributed by atoms with van der Waals surface area (Å²) in [6.07, 6.45) is 4.96. The molecule has 2 rings (SSSR count). The van der Waals surface area contributed by atoms with Crippen molar-refractivity contribution in [2.24, 2.45) is 0 Å². The Bertz CT molecular complexity index is 384. The Hall–Kier alpha value is -1.83. The highest BCUT2D eigenvalue weighted by Crippen LogP contribution is 2.09. The average Bonchev–Trinajstić information content (AvgIpc) is 2.88. The Morgan fingerprint density at radius 3 is 2.79 bits per heavy atom. The van der Waals surface area contributed by atoms with Crippen molar-refractivity contribution < 1.29 is 4.79 Å². The van der Waals surface area contributed by atoms with Crippen LogP contribution < -0.4 is 0 Å². The van der Waals surface area contributed by atoms with Crippen LogP contribution in [0.3, 0.4) is 0 Å². The van der Waals surface area contributed by atoms with Gasteiger partial charge in [-0.15, -0.1) is 0 Å². The molecular formula is C9H10N4O. The van der Waals surface area contributed by atoms with Gasteiger partial charge in [0.2, 0.25) is 0 Å². The third-order valence-electron chi connectivity index (χ3n) is 2.28. The van der Waals surface area contributed by atoms with Gasteiger partial charge in [-0.3, -0.25) is 0 Å². The molecule has 1 saturated heterocycles. The molecule has 0 radical (unpaired) electrons. The lowest BCUT2D eigenvalue weighted by atomic mass is 10.4. The summed E-state index contributed by atoms with van der Waals surface area (Å²) < 4.78 is 1.23. The van der Waals surface area contributed by atoms with Crippen LogP contribution in [-0.2, 0) is 0 Å². The zero-order chi connectivity index (χ0) is 9.97. The Labute approximate surface area is 81.5 Å². The fourth-order valence-corrected chi connectivity index (χ4v) is 1.54. The van der Waals surface area contributed by atoms with E-state index in [0.717, 1.165) is 25.9 Å². The SMILES string of the molecule is N#Cc1cnn(C(=O)N2CCCC2)c1. The zero-order valence-corrected chi connectivity index (χ0v) is 7.68. The van der Waals surface area contributed by atoms with Crippen molar-refractivity contribution in [1.82, 2.24) is 14.7 Å². The minimum absolute atomic E-state index is 0.135. The summed E-state index contributed by atoms with van der Waals surface area (Å²) in [5.74, 6) is 0. The molecule has 5 heteroatoms. The lowest BCUT2D eigenvalue weighted by molar-refractivity contribution is 0.207. The molecule has 1 amide bonds. The lowest BCUT2D eigenvalue weighted by Crippen LogP contribution is -2.32. The molecule has 0 atom stereocenters. The van der Waals surface area contributed by atoms with Crippen LogP contribution in [0.1, 0.15) is 18.4 Å². The summed E-state index contributed by atoms with van der Waals surface area (Å²) in [5.41, 5.74) is 0.414. The second kappa shape index (κ2) is 3.50. The number of rotatable bonds is 0. The maximum absolute atomic E-state index is 11.7. The number of nitrogens with zero attached hydrogens (tertiary/aromatic N) is 4. The second-order valence-electron chi connectivity index (χ2n) is 3.26. The summed E-state index contributed by atoms with van der Waals surface area (Å²) in [5, 5.41) is 12.4. The van der Waals surface area contributed by atoms with E-state index in [4.69, 9.17) is 5.26 Å².